The largest absolute Gasteiger partial charge is 0.354 e. The summed E-state index contributed by atoms with van der Waals surface area (Å²) in [5, 5.41) is 7.34. The molecule has 0 aromatic carbocycles. The fourth-order valence-corrected chi connectivity index (χ4v) is 2.02. The van der Waals surface area contributed by atoms with E-state index in [0.29, 0.717) is 23.5 Å². The molecule has 0 bridgehead atoms. The summed E-state index contributed by atoms with van der Waals surface area (Å²) in [7, 11) is 1.77. The molecule has 22 heavy (non-hydrogen) atoms. The highest BCUT2D eigenvalue weighted by atomic mass is 127. The zero-order valence-electron chi connectivity index (χ0n) is 13.3. The molecule has 0 amide bonds. The van der Waals surface area contributed by atoms with E-state index in [-0.39, 0.29) is 24.0 Å². The van der Waals surface area contributed by atoms with Crippen LogP contribution < -0.4 is 10.6 Å². The minimum atomic E-state index is 0. The molecule has 0 radical (unpaired) electrons. The third kappa shape index (κ3) is 5.01. The lowest BCUT2D eigenvalue weighted by atomic mass is 10.1. The van der Waals surface area contributed by atoms with Crippen molar-refractivity contribution in [3.63, 3.8) is 0 Å². The summed E-state index contributed by atoms with van der Waals surface area (Å²) in [4.78, 5) is 8.77. The van der Waals surface area contributed by atoms with Gasteiger partial charge in [0.05, 0.1) is 17.3 Å². The van der Waals surface area contributed by atoms with E-state index in [1.807, 2.05) is 28.9 Å². The van der Waals surface area contributed by atoms with Gasteiger partial charge in [-0.15, -0.1) is 24.0 Å². The van der Waals surface area contributed by atoms with Crippen molar-refractivity contribution in [3.8, 4) is 0 Å². The van der Waals surface area contributed by atoms with Gasteiger partial charge in [-0.05, 0) is 25.0 Å². The number of nitrogens with one attached hydrogen (secondary N) is 2. The molecule has 0 aliphatic carbocycles. The van der Waals surface area contributed by atoms with Crippen LogP contribution in [0.15, 0.2) is 29.5 Å². The number of rotatable bonds is 4. The Morgan fingerprint density at radius 1 is 1.32 bits per heavy atom. The van der Waals surface area contributed by atoms with E-state index in [0.717, 1.165) is 17.3 Å². The van der Waals surface area contributed by atoms with E-state index in [1.54, 1.807) is 7.05 Å². The second-order valence-electron chi connectivity index (χ2n) is 5.45. The number of hydrogen-bond acceptors (Lipinski definition) is 2. The highest BCUT2D eigenvalue weighted by Crippen LogP contribution is 2.11. The maximum absolute atomic E-state index is 5.97. The maximum atomic E-state index is 5.97. The molecule has 0 aliphatic heterocycles. The van der Waals surface area contributed by atoms with Gasteiger partial charge < -0.3 is 15.0 Å². The third-order valence-electron chi connectivity index (χ3n) is 3.49. The summed E-state index contributed by atoms with van der Waals surface area (Å²) in [5.41, 5.74) is 1.83. The first-order chi connectivity index (χ1) is 9.99. The van der Waals surface area contributed by atoms with Crippen LogP contribution in [0.3, 0.4) is 0 Å². The Hall–Kier alpha value is -1.02. The van der Waals surface area contributed by atoms with Gasteiger partial charge in [-0.2, -0.15) is 0 Å². The topological polar surface area (TPSA) is 53.7 Å². The van der Waals surface area contributed by atoms with Crippen LogP contribution >= 0.6 is 35.6 Å². The van der Waals surface area contributed by atoms with Gasteiger partial charge in [-0.25, -0.2) is 4.98 Å². The van der Waals surface area contributed by atoms with E-state index in [1.165, 1.54) is 0 Å². The number of pyridine rings is 1. The van der Waals surface area contributed by atoms with Crippen molar-refractivity contribution in [1.82, 2.24) is 20.0 Å². The number of fused-ring (bicyclic) bond motifs is 1. The molecule has 2 heterocycles. The highest BCUT2D eigenvalue weighted by Gasteiger charge is 2.09. The van der Waals surface area contributed by atoms with Crippen molar-refractivity contribution in [3.05, 3.63) is 35.2 Å². The van der Waals surface area contributed by atoms with Gasteiger partial charge in [-0.1, -0.05) is 25.4 Å². The molecule has 0 saturated heterocycles. The molecular weight excluding hydrogens is 413 g/mol. The summed E-state index contributed by atoms with van der Waals surface area (Å²) in [6.45, 7) is 7.11. The standard InChI is InChI=1S/C15H22ClN5.HI/c1-10(2)11(3)19-15(17-4)18-7-13-9-21-8-12(16)5-6-14(21)20-13;/h5-6,8-11H,7H2,1-4H3,(H2,17,18,19);1H. The van der Waals surface area contributed by atoms with Crippen molar-refractivity contribution in [1.29, 1.82) is 0 Å². The van der Waals surface area contributed by atoms with Gasteiger partial charge >= 0.3 is 0 Å². The van der Waals surface area contributed by atoms with E-state index < -0.39 is 0 Å². The minimum Gasteiger partial charge on any atom is -0.354 e. The molecule has 0 saturated carbocycles. The zero-order chi connectivity index (χ0) is 15.4. The number of nitrogens with zero attached hydrogens (tertiary/aromatic N) is 3. The molecule has 2 aromatic rings. The fourth-order valence-electron chi connectivity index (χ4n) is 1.85. The Bertz CT molecular complexity index is 638. The van der Waals surface area contributed by atoms with Crippen LogP contribution in [-0.2, 0) is 6.54 Å². The van der Waals surface area contributed by atoms with Crippen molar-refractivity contribution >= 4 is 47.2 Å². The first-order valence-electron chi connectivity index (χ1n) is 7.10. The van der Waals surface area contributed by atoms with Crippen LogP contribution in [0.4, 0.5) is 0 Å². The third-order valence-corrected chi connectivity index (χ3v) is 3.71. The number of aromatic nitrogens is 2. The van der Waals surface area contributed by atoms with Crippen LogP contribution in [0.1, 0.15) is 26.5 Å². The van der Waals surface area contributed by atoms with Gasteiger partial charge in [0.1, 0.15) is 5.65 Å². The fraction of sp³-hybridized carbons (Fsp3) is 0.467. The quantitative estimate of drug-likeness (QED) is 0.440. The van der Waals surface area contributed by atoms with Crippen LogP contribution in [0.5, 0.6) is 0 Å². The van der Waals surface area contributed by atoms with Gasteiger partial charge in [-0.3, -0.25) is 4.99 Å². The lowest BCUT2D eigenvalue weighted by Gasteiger charge is -2.20. The van der Waals surface area contributed by atoms with Crippen molar-refractivity contribution in [2.75, 3.05) is 7.05 Å². The van der Waals surface area contributed by atoms with Crippen molar-refractivity contribution < 1.29 is 0 Å². The molecule has 1 unspecified atom stereocenters. The normalized spacial score (nSPS) is 13.1. The van der Waals surface area contributed by atoms with Crippen LogP contribution in [0, 0.1) is 5.92 Å². The Morgan fingerprint density at radius 2 is 2.05 bits per heavy atom. The average molecular weight is 436 g/mol. The minimum absolute atomic E-state index is 0. The zero-order valence-corrected chi connectivity index (χ0v) is 16.4. The van der Waals surface area contributed by atoms with Crippen LogP contribution in [0.25, 0.3) is 5.65 Å². The van der Waals surface area contributed by atoms with E-state index in [4.69, 9.17) is 11.6 Å². The molecule has 0 spiro atoms. The molecule has 5 nitrogen and oxygen atoms in total. The summed E-state index contributed by atoms with van der Waals surface area (Å²) < 4.78 is 1.92. The van der Waals surface area contributed by atoms with E-state index >= 15 is 0 Å². The average Bonchev–Trinajstić information content (AvgIpc) is 2.84. The number of imidazole rings is 1. The molecule has 7 heteroatoms. The highest BCUT2D eigenvalue weighted by molar-refractivity contribution is 14.0. The summed E-state index contributed by atoms with van der Waals surface area (Å²) in [6.07, 6.45) is 3.81. The number of halogens is 2. The van der Waals surface area contributed by atoms with Crippen molar-refractivity contribution in [2.45, 2.75) is 33.4 Å². The maximum Gasteiger partial charge on any atom is 0.191 e. The predicted molar refractivity (Wildman–Crippen MR) is 103 cm³/mol. The van der Waals surface area contributed by atoms with Crippen molar-refractivity contribution in [2.24, 2.45) is 10.9 Å². The number of hydrogen-bond donors (Lipinski definition) is 2. The SMILES string of the molecule is CN=C(NCc1cn2cc(Cl)ccc2n1)NC(C)C(C)C.I. The van der Waals surface area contributed by atoms with Crippen LogP contribution in [0.2, 0.25) is 5.02 Å². The molecule has 2 rings (SSSR count). The molecule has 1 atom stereocenters. The number of guanidine groups is 1. The Balaban J connectivity index is 0.00000242. The summed E-state index contributed by atoms with van der Waals surface area (Å²) in [6, 6.07) is 4.10. The molecule has 0 aliphatic rings. The molecule has 2 N–H and O–H groups in total. The monoisotopic (exact) mass is 435 g/mol. The van der Waals surface area contributed by atoms with Gasteiger partial charge in [0.15, 0.2) is 5.96 Å². The first-order valence-corrected chi connectivity index (χ1v) is 7.47. The lowest BCUT2D eigenvalue weighted by molar-refractivity contribution is 0.480. The molecule has 0 fully saturated rings. The van der Waals surface area contributed by atoms with Gasteiger partial charge in [0.25, 0.3) is 0 Å². The number of aliphatic imine (C=N–C) groups is 1. The Morgan fingerprint density at radius 3 is 2.68 bits per heavy atom. The molecule has 2 aromatic heterocycles. The van der Waals surface area contributed by atoms with E-state index in [9.17, 15) is 0 Å². The Kier molecular flexibility index (Phi) is 7.41. The van der Waals surface area contributed by atoms with E-state index in [2.05, 4.69) is 41.4 Å². The Labute approximate surface area is 153 Å². The summed E-state index contributed by atoms with van der Waals surface area (Å²) >= 11 is 5.97. The second-order valence-corrected chi connectivity index (χ2v) is 5.88. The first kappa shape index (κ1) is 19.0. The second kappa shape index (κ2) is 8.57. The lowest BCUT2D eigenvalue weighted by Crippen LogP contribution is -2.43. The van der Waals surface area contributed by atoms with Crippen LogP contribution in [-0.4, -0.2) is 28.4 Å². The molecule has 122 valence electrons. The summed E-state index contributed by atoms with van der Waals surface area (Å²) in [5.74, 6) is 1.33. The van der Waals surface area contributed by atoms with Gasteiger partial charge in [0, 0.05) is 25.5 Å². The predicted octanol–water partition coefficient (Wildman–Crippen LogP) is 3.32. The van der Waals surface area contributed by atoms with Gasteiger partial charge in [0.2, 0.25) is 0 Å². The molecular formula is C15H23ClIN5. The smallest absolute Gasteiger partial charge is 0.191 e.